The Morgan fingerprint density at radius 1 is 1.47 bits per heavy atom. The van der Waals surface area contributed by atoms with Crippen LogP contribution >= 0.6 is 11.8 Å². The summed E-state index contributed by atoms with van der Waals surface area (Å²) in [4.78, 5) is 11.4. The second-order valence-corrected chi connectivity index (χ2v) is 4.72. The summed E-state index contributed by atoms with van der Waals surface area (Å²) in [6.07, 6.45) is 4.78. The fourth-order valence-electron chi connectivity index (χ4n) is 1.46. The molecule has 1 atom stereocenters. The predicted molar refractivity (Wildman–Crippen MR) is 65.8 cm³/mol. The predicted octanol–water partition coefficient (Wildman–Crippen LogP) is 2.85. The van der Waals surface area contributed by atoms with Crippen LogP contribution in [0.5, 0.6) is 0 Å². The van der Waals surface area contributed by atoms with Gasteiger partial charge in [-0.05, 0) is 24.3 Å². The summed E-state index contributed by atoms with van der Waals surface area (Å²) in [5.74, 6) is -1.25. The first-order valence-corrected chi connectivity index (χ1v) is 5.79. The van der Waals surface area contributed by atoms with Crippen LogP contribution in [-0.4, -0.2) is 16.3 Å². The molecule has 1 aromatic carbocycles. The number of carbonyl (C=O) groups is 1. The number of hydrogen-bond acceptors (Lipinski definition) is 3. The second kappa shape index (κ2) is 4.63. The average molecular weight is 251 g/mol. The molecule has 0 saturated carbocycles. The zero-order valence-corrected chi connectivity index (χ0v) is 9.58. The summed E-state index contributed by atoms with van der Waals surface area (Å²) in [7, 11) is 0. The van der Waals surface area contributed by atoms with Crippen molar-refractivity contribution in [3.8, 4) is 0 Å². The van der Waals surface area contributed by atoms with E-state index in [1.165, 1.54) is 30.0 Å². The van der Waals surface area contributed by atoms with E-state index in [1.807, 2.05) is 0 Å². The zero-order valence-electron chi connectivity index (χ0n) is 8.76. The van der Waals surface area contributed by atoms with Gasteiger partial charge < -0.3 is 10.8 Å². The van der Waals surface area contributed by atoms with Gasteiger partial charge in [-0.15, -0.1) is 11.8 Å². The van der Waals surface area contributed by atoms with Crippen LogP contribution in [0.2, 0.25) is 0 Å². The molecule has 3 N–H and O–H groups in total. The number of nitrogens with two attached hydrogens (primary N) is 1. The van der Waals surface area contributed by atoms with Crippen molar-refractivity contribution in [3.63, 3.8) is 0 Å². The third-order valence-electron chi connectivity index (χ3n) is 2.32. The van der Waals surface area contributed by atoms with Gasteiger partial charge in [-0.1, -0.05) is 12.2 Å². The van der Waals surface area contributed by atoms with Crippen LogP contribution in [0.4, 0.5) is 10.1 Å². The number of allylic oxidation sites excluding steroid dienone is 2. The Bertz CT molecular complexity index is 525. The van der Waals surface area contributed by atoms with Gasteiger partial charge in [0, 0.05) is 10.6 Å². The largest absolute Gasteiger partial charge is 0.478 e. The van der Waals surface area contributed by atoms with E-state index in [9.17, 15) is 9.18 Å². The van der Waals surface area contributed by atoms with Gasteiger partial charge in [-0.3, -0.25) is 0 Å². The topological polar surface area (TPSA) is 63.3 Å². The van der Waals surface area contributed by atoms with Crippen molar-refractivity contribution in [1.82, 2.24) is 0 Å². The Morgan fingerprint density at radius 3 is 2.76 bits per heavy atom. The molecule has 1 unspecified atom stereocenters. The van der Waals surface area contributed by atoms with E-state index >= 15 is 0 Å². The minimum Gasteiger partial charge on any atom is -0.478 e. The van der Waals surface area contributed by atoms with E-state index in [0.29, 0.717) is 10.6 Å². The van der Waals surface area contributed by atoms with Gasteiger partial charge in [0.05, 0.1) is 10.8 Å². The standard InChI is InChI=1S/C12H10FNO2S/c13-8-2-1-3-10(8)17-11-5-4-7(12(15)16)6-9(11)14/h1-6,10H,14H2,(H,15,16). The lowest BCUT2D eigenvalue weighted by Gasteiger charge is -2.10. The number of nitrogen functional groups attached to an aromatic ring is 1. The molecule has 5 heteroatoms. The molecule has 0 saturated heterocycles. The molecule has 1 aliphatic carbocycles. The third kappa shape index (κ3) is 2.50. The summed E-state index contributed by atoms with van der Waals surface area (Å²) in [6, 6.07) is 4.44. The highest BCUT2D eigenvalue weighted by Gasteiger charge is 2.17. The van der Waals surface area contributed by atoms with Crippen molar-refractivity contribution in [2.45, 2.75) is 10.1 Å². The fourth-order valence-corrected chi connectivity index (χ4v) is 2.43. The smallest absolute Gasteiger partial charge is 0.335 e. The molecular formula is C12H10FNO2S. The van der Waals surface area contributed by atoms with Crippen LogP contribution in [-0.2, 0) is 0 Å². The molecule has 1 aromatic rings. The van der Waals surface area contributed by atoms with E-state index in [0.717, 1.165) is 0 Å². The minimum absolute atomic E-state index is 0.129. The number of carboxylic acids is 1. The first kappa shape index (κ1) is 11.7. The summed E-state index contributed by atoms with van der Waals surface area (Å²) < 4.78 is 13.3. The van der Waals surface area contributed by atoms with E-state index < -0.39 is 5.97 Å². The van der Waals surface area contributed by atoms with Gasteiger partial charge in [0.25, 0.3) is 0 Å². The first-order chi connectivity index (χ1) is 8.08. The van der Waals surface area contributed by atoms with Crippen LogP contribution in [0.3, 0.4) is 0 Å². The number of thioether (sulfide) groups is 1. The number of aromatic carboxylic acids is 1. The van der Waals surface area contributed by atoms with Crippen molar-refractivity contribution in [3.05, 3.63) is 47.8 Å². The molecule has 0 aromatic heterocycles. The summed E-state index contributed by atoms with van der Waals surface area (Å²) in [5.41, 5.74) is 6.21. The number of carboxylic acid groups (broad SMARTS) is 1. The molecule has 0 heterocycles. The SMILES string of the molecule is Nc1cc(C(=O)O)ccc1SC1C=CC=C1F. The Labute approximate surface area is 102 Å². The Morgan fingerprint density at radius 2 is 2.24 bits per heavy atom. The molecule has 0 fully saturated rings. The number of anilines is 1. The molecule has 1 aliphatic rings. The zero-order chi connectivity index (χ0) is 12.4. The van der Waals surface area contributed by atoms with Crippen molar-refractivity contribution in [2.24, 2.45) is 0 Å². The van der Waals surface area contributed by atoms with Crippen LogP contribution in [0.15, 0.2) is 47.1 Å². The van der Waals surface area contributed by atoms with E-state index in [1.54, 1.807) is 18.2 Å². The lowest BCUT2D eigenvalue weighted by atomic mass is 10.2. The average Bonchev–Trinajstić information content (AvgIpc) is 2.67. The molecule has 0 amide bonds. The third-order valence-corrected chi connectivity index (χ3v) is 3.59. The van der Waals surface area contributed by atoms with Crippen LogP contribution < -0.4 is 5.73 Å². The quantitative estimate of drug-likeness (QED) is 0.811. The van der Waals surface area contributed by atoms with Gasteiger partial charge in [-0.2, -0.15) is 0 Å². The lowest BCUT2D eigenvalue weighted by molar-refractivity contribution is 0.0697. The van der Waals surface area contributed by atoms with E-state index in [2.05, 4.69) is 0 Å². The maximum atomic E-state index is 13.3. The van der Waals surface area contributed by atoms with Crippen molar-refractivity contribution < 1.29 is 14.3 Å². The maximum Gasteiger partial charge on any atom is 0.335 e. The van der Waals surface area contributed by atoms with Crippen LogP contribution in [0, 0.1) is 0 Å². The number of halogens is 1. The molecule has 0 spiro atoms. The Hall–Kier alpha value is -1.75. The number of benzene rings is 1. The summed E-state index contributed by atoms with van der Waals surface area (Å²) >= 11 is 1.26. The molecule has 17 heavy (non-hydrogen) atoms. The van der Waals surface area contributed by atoms with E-state index in [-0.39, 0.29) is 16.6 Å². The monoisotopic (exact) mass is 251 g/mol. The van der Waals surface area contributed by atoms with Crippen LogP contribution in [0.1, 0.15) is 10.4 Å². The highest BCUT2D eigenvalue weighted by atomic mass is 32.2. The lowest BCUT2D eigenvalue weighted by Crippen LogP contribution is -2.01. The van der Waals surface area contributed by atoms with Gasteiger partial charge in [0.1, 0.15) is 5.83 Å². The highest BCUT2D eigenvalue weighted by Crippen LogP contribution is 2.35. The molecule has 88 valence electrons. The summed E-state index contributed by atoms with van der Waals surface area (Å²) in [6.45, 7) is 0. The van der Waals surface area contributed by atoms with Crippen molar-refractivity contribution in [2.75, 3.05) is 5.73 Å². The normalized spacial score (nSPS) is 18.2. The molecule has 0 bridgehead atoms. The molecule has 2 rings (SSSR count). The second-order valence-electron chi connectivity index (χ2n) is 3.53. The summed E-state index contributed by atoms with van der Waals surface area (Å²) in [5, 5.41) is 8.42. The van der Waals surface area contributed by atoms with Gasteiger partial charge in [0.15, 0.2) is 0 Å². The molecule has 0 radical (unpaired) electrons. The Kier molecular flexibility index (Phi) is 3.19. The van der Waals surface area contributed by atoms with Crippen molar-refractivity contribution >= 4 is 23.4 Å². The first-order valence-electron chi connectivity index (χ1n) is 4.91. The van der Waals surface area contributed by atoms with Crippen molar-refractivity contribution in [1.29, 1.82) is 0 Å². The van der Waals surface area contributed by atoms with Crippen LogP contribution in [0.25, 0.3) is 0 Å². The molecule has 3 nitrogen and oxygen atoms in total. The van der Waals surface area contributed by atoms with Gasteiger partial charge in [0.2, 0.25) is 0 Å². The van der Waals surface area contributed by atoms with Gasteiger partial charge in [-0.25, -0.2) is 9.18 Å². The molecular weight excluding hydrogens is 241 g/mol. The Balaban J connectivity index is 2.20. The maximum absolute atomic E-state index is 13.3. The number of hydrogen-bond donors (Lipinski definition) is 2. The van der Waals surface area contributed by atoms with Gasteiger partial charge >= 0.3 is 5.97 Å². The highest BCUT2D eigenvalue weighted by molar-refractivity contribution is 8.00. The minimum atomic E-state index is -1.03. The molecule has 0 aliphatic heterocycles. The fraction of sp³-hybridized carbons (Fsp3) is 0.0833. The number of rotatable bonds is 3. The van der Waals surface area contributed by atoms with E-state index in [4.69, 9.17) is 10.8 Å².